The lowest BCUT2D eigenvalue weighted by atomic mass is 10.2. The number of amides is 1. The highest BCUT2D eigenvalue weighted by molar-refractivity contribution is 6.35. The molecule has 1 amide bonds. The first kappa shape index (κ1) is 21.5. The number of rotatable bonds is 4. The molecule has 0 saturated carbocycles. The molecule has 0 saturated heterocycles. The molecule has 1 aromatic carbocycles. The molecule has 0 spiro atoms. The smallest absolute Gasteiger partial charge is 0.274 e. The number of aromatic amines is 1. The normalized spacial score (nSPS) is 11.0. The molecule has 0 aliphatic heterocycles. The van der Waals surface area contributed by atoms with E-state index in [1.807, 2.05) is 31.1 Å². The maximum Gasteiger partial charge on any atom is 0.274 e. The summed E-state index contributed by atoms with van der Waals surface area (Å²) in [5.74, 6) is -0.236. The van der Waals surface area contributed by atoms with E-state index in [1.54, 1.807) is 12.1 Å². The van der Waals surface area contributed by atoms with E-state index in [1.165, 1.54) is 0 Å². The van der Waals surface area contributed by atoms with Crippen molar-refractivity contribution in [2.24, 2.45) is 10.7 Å². The fourth-order valence-electron chi connectivity index (χ4n) is 1.83. The molecular formula is C14H20Cl3N5O. The van der Waals surface area contributed by atoms with Gasteiger partial charge in [0, 0.05) is 22.5 Å². The second kappa shape index (κ2) is 9.62. The highest BCUT2D eigenvalue weighted by Gasteiger charge is 2.11. The average molecular weight is 381 g/mol. The fraction of sp³-hybridized carbons (Fsp3) is 0.286. The average Bonchev–Trinajstić information content (AvgIpc) is 2.83. The van der Waals surface area contributed by atoms with Crippen LogP contribution in [0.15, 0.2) is 29.3 Å². The van der Waals surface area contributed by atoms with Crippen LogP contribution in [0.25, 0.3) is 10.9 Å². The summed E-state index contributed by atoms with van der Waals surface area (Å²) in [6.45, 7) is 1.29. The van der Waals surface area contributed by atoms with Crippen LogP contribution in [0, 0.1) is 0 Å². The van der Waals surface area contributed by atoms with Crippen LogP contribution in [0.4, 0.5) is 0 Å². The standard InChI is InChI=1S/C14H18ClN5O.2ClH/c1-20(2)7-6-17-14(16)19-13(21)12-8-9-10(15)4-3-5-11(9)18-12;;/h3-5,8,18H,6-7H2,1-2H3,(H3,16,17,19,21);2*1H. The van der Waals surface area contributed by atoms with Gasteiger partial charge in [0.25, 0.3) is 5.91 Å². The van der Waals surface area contributed by atoms with Gasteiger partial charge >= 0.3 is 0 Å². The Kier molecular flexibility index (Phi) is 9.01. The lowest BCUT2D eigenvalue weighted by Gasteiger charge is -2.07. The van der Waals surface area contributed by atoms with E-state index in [2.05, 4.69) is 15.3 Å². The molecule has 128 valence electrons. The third-order valence-corrected chi connectivity index (χ3v) is 3.26. The Balaban J connectivity index is 0.00000242. The minimum absolute atomic E-state index is 0. The Hall–Kier alpha value is -1.47. The predicted octanol–water partition coefficient (Wildman–Crippen LogP) is 2.27. The summed E-state index contributed by atoms with van der Waals surface area (Å²) in [6, 6.07) is 7.14. The number of aliphatic imine (C=N–C) groups is 1. The van der Waals surface area contributed by atoms with Crippen LogP contribution in [0.5, 0.6) is 0 Å². The number of likely N-dealkylation sites (N-methyl/N-ethyl adjacent to an activating group) is 1. The lowest BCUT2D eigenvalue weighted by Crippen LogP contribution is -2.37. The van der Waals surface area contributed by atoms with Gasteiger partial charge in [-0.1, -0.05) is 17.7 Å². The predicted molar refractivity (Wildman–Crippen MR) is 100 cm³/mol. The number of nitrogens with zero attached hydrogens (tertiary/aromatic N) is 2. The van der Waals surface area contributed by atoms with Gasteiger partial charge in [0.2, 0.25) is 0 Å². The molecule has 1 heterocycles. The zero-order valence-electron chi connectivity index (χ0n) is 12.8. The number of hydrogen-bond acceptors (Lipinski definition) is 3. The van der Waals surface area contributed by atoms with Crippen molar-refractivity contribution in [2.75, 3.05) is 27.2 Å². The van der Waals surface area contributed by atoms with E-state index in [0.717, 1.165) is 17.4 Å². The van der Waals surface area contributed by atoms with Crippen LogP contribution in [0.2, 0.25) is 5.02 Å². The van der Waals surface area contributed by atoms with Gasteiger partial charge in [-0.15, -0.1) is 24.8 Å². The number of halogens is 3. The Morgan fingerprint density at radius 2 is 2.09 bits per heavy atom. The van der Waals surface area contributed by atoms with E-state index in [0.29, 0.717) is 17.3 Å². The van der Waals surface area contributed by atoms with E-state index in [-0.39, 0.29) is 36.7 Å². The first-order valence-corrected chi connectivity index (χ1v) is 6.88. The summed E-state index contributed by atoms with van der Waals surface area (Å²) >= 11 is 6.07. The van der Waals surface area contributed by atoms with Gasteiger partial charge in [-0.3, -0.25) is 15.1 Å². The number of carbonyl (C=O) groups excluding carboxylic acids is 1. The molecule has 23 heavy (non-hydrogen) atoms. The van der Waals surface area contributed by atoms with Gasteiger partial charge < -0.3 is 15.6 Å². The number of hydrogen-bond donors (Lipinski definition) is 3. The summed E-state index contributed by atoms with van der Waals surface area (Å²) in [5, 5.41) is 3.94. The quantitative estimate of drug-likeness (QED) is 0.562. The van der Waals surface area contributed by atoms with Crippen LogP contribution in [-0.4, -0.2) is 48.9 Å². The number of nitrogens with one attached hydrogen (secondary N) is 2. The van der Waals surface area contributed by atoms with Crippen molar-refractivity contribution in [1.82, 2.24) is 15.2 Å². The van der Waals surface area contributed by atoms with Gasteiger partial charge in [0.15, 0.2) is 5.96 Å². The first-order valence-electron chi connectivity index (χ1n) is 6.50. The Labute approximate surface area is 152 Å². The third kappa shape index (κ3) is 5.91. The molecule has 0 bridgehead atoms. The van der Waals surface area contributed by atoms with Gasteiger partial charge in [-0.2, -0.15) is 0 Å². The zero-order chi connectivity index (χ0) is 15.4. The molecule has 0 aliphatic rings. The number of guanidine groups is 1. The van der Waals surface area contributed by atoms with E-state index < -0.39 is 0 Å². The van der Waals surface area contributed by atoms with Crippen LogP contribution in [-0.2, 0) is 0 Å². The molecule has 2 rings (SSSR count). The number of nitrogens with two attached hydrogens (primary N) is 1. The van der Waals surface area contributed by atoms with E-state index >= 15 is 0 Å². The Morgan fingerprint density at radius 3 is 2.70 bits per heavy atom. The van der Waals surface area contributed by atoms with Crippen molar-refractivity contribution in [3.05, 3.63) is 35.0 Å². The molecule has 9 heteroatoms. The molecule has 0 radical (unpaired) electrons. The van der Waals surface area contributed by atoms with Crippen LogP contribution in [0.3, 0.4) is 0 Å². The number of carbonyl (C=O) groups is 1. The molecule has 2 aromatic rings. The Morgan fingerprint density at radius 1 is 1.39 bits per heavy atom. The second-order valence-electron chi connectivity index (χ2n) is 4.91. The first-order chi connectivity index (χ1) is 9.97. The zero-order valence-corrected chi connectivity index (χ0v) is 15.2. The number of aromatic nitrogens is 1. The van der Waals surface area contributed by atoms with E-state index in [9.17, 15) is 4.79 Å². The number of benzene rings is 1. The summed E-state index contributed by atoms with van der Waals surface area (Å²) in [4.78, 5) is 21.1. The molecule has 0 fully saturated rings. The molecule has 0 aliphatic carbocycles. The van der Waals surface area contributed by atoms with Gasteiger partial charge in [-0.25, -0.2) is 0 Å². The van der Waals surface area contributed by atoms with Crippen molar-refractivity contribution >= 4 is 59.2 Å². The monoisotopic (exact) mass is 379 g/mol. The third-order valence-electron chi connectivity index (χ3n) is 2.93. The van der Waals surface area contributed by atoms with Gasteiger partial charge in [0.1, 0.15) is 5.69 Å². The maximum absolute atomic E-state index is 12.1. The second-order valence-corrected chi connectivity index (χ2v) is 5.32. The van der Waals surface area contributed by atoms with Crippen molar-refractivity contribution < 1.29 is 4.79 Å². The molecule has 4 N–H and O–H groups in total. The Bertz CT molecular complexity index is 684. The number of H-pyrrole nitrogens is 1. The molecular weight excluding hydrogens is 361 g/mol. The highest BCUT2D eigenvalue weighted by Crippen LogP contribution is 2.23. The molecule has 0 unspecified atom stereocenters. The largest absolute Gasteiger partial charge is 0.370 e. The topological polar surface area (TPSA) is 86.5 Å². The summed E-state index contributed by atoms with van der Waals surface area (Å²) in [5.41, 5.74) is 6.88. The summed E-state index contributed by atoms with van der Waals surface area (Å²) in [7, 11) is 3.89. The number of fused-ring (bicyclic) bond motifs is 1. The molecule has 6 nitrogen and oxygen atoms in total. The fourth-order valence-corrected chi connectivity index (χ4v) is 2.06. The highest BCUT2D eigenvalue weighted by atomic mass is 35.5. The van der Waals surface area contributed by atoms with Gasteiger partial charge in [0.05, 0.1) is 6.54 Å². The molecule has 1 aromatic heterocycles. The van der Waals surface area contributed by atoms with Crippen LogP contribution >= 0.6 is 36.4 Å². The minimum Gasteiger partial charge on any atom is -0.370 e. The van der Waals surface area contributed by atoms with Crippen LogP contribution < -0.4 is 11.1 Å². The minimum atomic E-state index is -0.339. The van der Waals surface area contributed by atoms with Gasteiger partial charge in [-0.05, 0) is 32.3 Å². The summed E-state index contributed by atoms with van der Waals surface area (Å²) < 4.78 is 0. The summed E-state index contributed by atoms with van der Waals surface area (Å²) in [6.07, 6.45) is 0. The lowest BCUT2D eigenvalue weighted by molar-refractivity contribution is 0.0972. The van der Waals surface area contributed by atoms with Crippen molar-refractivity contribution in [3.8, 4) is 0 Å². The SMILES string of the molecule is CN(C)CCN=C(N)NC(=O)c1cc2c(Cl)cccc2[nH]1.Cl.Cl. The van der Waals surface area contributed by atoms with Crippen molar-refractivity contribution in [2.45, 2.75) is 0 Å². The maximum atomic E-state index is 12.1. The van der Waals surface area contributed by atoms with Crippen molar-refractivity contribution in [3.63, 3.8) is 0 Å². The molecule has 0 atom stereocenters. The van der Waals surface area contributed by atoms with Crippen LogP contribution in [0.1, 0.15) is 10.5 Å². The van der Waals surface area contributed by atoms with E-state index in [4.69, 9.17) is 17.3 Å². The van der Waals surface area contributed by atoms with Crippen molar-refractivity contribution in [1.29, 1.82) is 0 Å².